The van der Waals surface area contributed by atoms with Gasteiger partial charge in [-0.05, 0) is 19.1 Å². The smallest absolute Gasteiger partial charge is 0.462 e. The van der Waals surface area contributed by atoms with E-state index in [4.69, 9.17) is 10.5 Å². The number of nitrogen functional groups attached to an aromatic ring is 1. The van der Waals surface area contributed by atoms with Crippen LogP contribution in [0.1, 0.15) is 33.3 Å². The van der Waals surface area contributed by atoms with E-state index in [1.165, 1.54) is 24.3 Å². The van der Waals surface area contributed by atoms with E-state index in [0.29, 0.717) is 35.9 Å². The monoisotopic (exact) mass is 474 g/mol. The Labute approximate surface area is 189 Å². The van der Waals surface area contributed by atoms with Gasteiger partial charge in [0.15, 0.2) is 0 Å². The summed E-state index contributed by atoms with van der Waals surface area (Å²) < 4.78 is 49.0. The Bertz CT molecular complexity index is 1320. The molecule has 4 rings (SSSR count). The predicted molar refractivity (Wildman–Crippen MR) is 109 cm³/mol. The van der Waals surface area contributed by atoms with E-state index in [-0.39, 0.29) is 23.6 Å². The van der Waals surface area contributed by atoms with Crippen LogP contribution in [0.3, 0.4) is 0 Å². The van der Waals surface area contributed by atoms with Crippen molar-refractivity contribution in [1.82, 2.24) is 35.1 Å². The first kappa shape index (κ1) is 22.8. The van der Waals surface area contributed by atoms with E-state index in [0.717, 1.165) is 0 Å². The number of halogens is 3. The number of anilines is 1. The second kappa shape index (κ2) is 9.25. The molecule has 0 aliphatic heterocycles. The number of rotatable bonds is 7. The van der Waals surface area contributed by atoms with Crippen molar-refractivity contribution in [3.05, 3.63) is 65.2 Å². The number of esters is 1. The number of benzene rings is 1. The highest BCUT2D eigenvalue weighted by Crippen LogP contribution is 2.29. The molecule has 3 aromatic heterocycles. The van der Waals surface area contributed by atoms with Crippen molar-refractivity contribution >= 4 is 11.8 Å². The van der Waals surface area contributed by atoms with Gasteiger partial charge >= 0.3 is 18.0 Å². The molecule has 176 valence electrons. The lowest BCUT2D eigenvalue weighted by Crippen LogP contribution is -2.08. The van der Waals surface area contributed by atoms with Gasteiger partial charge < -0.3 is 15.0 Å². The molecule has 11 nitrogen and oxygen atoms in total. The first-order valence-electron chi connectivity index (χ1n) is 9.84. The molecule has 0 aliphatic rings. The fourth-order valence-corrected chi connectivity index (χ4v) is 2.91. The topological polar surface area (TPSA) is 148 Å². The van der Waals surface area contributed by atoms with Gasteiger partial charge in [-0.3, -0.25) is 0 Å². The average Bonchev–Trinajstić information content (AvgIpc) is 3.46. The molecule has 0 amide bonds. The average molecular weight is 474 g/mol. The molecule has 0 spiro atoms. The van der Waals surface area contributed by atoms with Crippen LogP contribution in [0.15, 0.2) is 41.2 Å². The molecule has 14 heteroatoms. The molecular formula is C20H17F3N8O3. The lowest BCUT2D eigenvalue weighted by atomic mass is 10.1. The van der Waals surface area contributed by atoms with Gasteiger partial charge in [0, 0.05) is 29.9 Å². The summed E-state index contributed by atoms with van der Waals surface area (Å²) in [6.07, 6.45) is -1.16. The van der Waals surface area contributed by atoms with E-state index in [9.17, 15) is 18.0 Å². The number of ether oxygens (including phenoxy) is 1. The standard InChI is InChI=1S/C20H17F3N8O3/c1-11-25-8-14(16(24)26-11)9-31-10-15(28-30-31)5-6-33-18(32)13-4-2-3-12(7-13)17-27-19(34-29-17)20(21,22)23/h2-4,7-8,10H,5-6,9H2,1H3,(H2,24,25,26). The summed E-state index contributed by atoms with van der Waals surface area (Å²) in [5.74, 6) is -1.51. The molecule has 0 radical (unpaired) electrons. The maximum Gasteiger partial charge on any atom is 0.471 e. The van der Waals surface area contributed by atoms with Gasteiger partial charge in [-0.1, -0.05) is 22.5 Å². The fraction of sp³-hybridized carbons (Fsp3) is 0.250. The number of carbonyl (C=O) groups is 1. The summed E-state index contributed by atoms with van der Waals surface area (Å²) in [4.78, 5) is 23.9. The second-order valence-electron chi connectivity index (χ2n) is 7.12. The Kier molecular flexibility index (Phi) is 6.21. The van der Waals surface area contributed by atoms with Crippen LogP contribution in [-0.4, -0.2) is 47.7 Å². The summed E-state index contributed by atoms with van der Waals surface area (Å²) in [5, 5.41) is 11.3. The third kappa shape index (κ3) is 5.33. The van der Waals surface area contributed by atoms with Gasteiger partial charge in [0.25, 0.3) is 0 Å². The van der Waals surface area contributed by atoms with Crippen LogP contribution < -0.4 is 5.73 Å². The minimum atomic E-state index is -4.76. The minimum Gasteiger partial charge on any atom is -0.462 e. The molecule has 1 aromatic carbocycles. The van der Waals surface area contributed by atoms with E-state index in [2.05, 4.69) is 34.9 Å². The summed E-state index contributed by atoms with van der Waals surface area (Å²) in [6, 6.07) is 5.70. The number of aryl methyl sites for hydroxylation is 1. The Morgan fingerprint density at radius 2 is 2.09 bits per heavy atom. The van der Waals surface area contributed by atoms with Crippen LogP contribution in [0.2, 0.25) is 0 Å². The number of hydrogen-bond donors (Lipinski definition) is 1. The Balaban J connectivity index is 1.33. The van der Waals surface area contributed by atoms with Crippen molar-refractivity contribution < 1.29 is 27.2 Å². The predicted octanol–water partition coefficient (Wildman–Crippen LogP) is 2.48. The molecule has 3 heterocycles. The largest absolute Gasteiger partial charge is 0.471 e. The summed E-state index contributed by atoms with van der Waals surface area (Å²) in [6.45, 7) is 2.08. The molecule has 0 atom stereocenters. The zero-order chi connectivity index (χ0) is 24.3. The highest BCUT2D eigenvalue weighted by molar-refractivity contribution is 5.90. The third-order valence-electron chi connectivity index (χ3n) is 4.55. The van der Waals surface area contributed by atoms with Gasteiger partial charge in [-0.25, -0.2) is 19.4 Å². The van der Waals surface area contributed by atoms with Crippen LogP contribution >= 0.6 is 0 Å². The van der Waals surface area contributed by atoms with Gasteiger partial charge in [-0.15, -0.1) is 5.10 Å². The Morgan fingerprint density at radius 3 is 2.82 bits per heavy atom. The van der Waals surface area contributed by atoms with Gasteiger partial charge in [0.05, 0.1) is 24.4 Å². The number of carbonyl (C=O) groups excluding carboxylic acids is 1. The molecule has 34 heavy (non-hydrogen) atoms. The van der Waals surface area contributed by atoms with E-state index in [1.807, 2.05) is 0 Å². The van der Waals surface area contributed by atoms with Crippen LogP contribution in [-0.2, 0) is 23.9 Å². The lowest BCUT2D eigenvalue weighted by molar-refractivity contribution is -0.159. The van der Waals surface area contributed by atoms with Gasteiger partial charge in [-0.2, -0.15) is 18.2 Å². The SMILES string of the molecule is Cc1ncc(Cn2cc(CCOC(=O)c3cccc(-c4noc(C(F)(F)F)n4)c3)nn2)c(N)n1. The van der Waals surface area contributed by atoms with Crippen LogP contribution in [0, 0.1) is 6.92 Å². The van der Waals surface area contributed by atoms with E-state index < -0.39 is 18.0 Å². The molecule has 4 aromatic rings. The molecule has 0 saturated heterocycles. The van der Waals surface area contributed by atoms with Crippen molar-refractivity contribution in [3.8, 4) is 11.4 Å². The highest BCUT2D eigenvalue weighted by Gasteiger charge is 2.38. The lowest BCUT2D eigenvalue weighted by Gasteiger charge is -2.05. The first-order valence-corrected chi connectivity index (χ1v) is 9.84. The molecule has 2 N–H and O–H groups in total. The summed E-state index contributed by atoms with van der Waals surface area (Å²) in [5.41, 5.74) is 7.45. The zero-order valence-corrected chi connectivity index (χ0v) is 17.7. The fourth-order valence-electron chi connectivity index (χ4n) is 2.91. The maximum absolute atomic E-state index is 12.7. The first-order chi connectivity index (χ1) is 16.2. The number of nitrogens with zero attached hydrogens (tertiary/aromatic N) is 7. The summed E-state index contributed by atoms with van der Waals surface area (Å²) >= 11 is 0. The zero-order valence-electron chi connectivity index (χ0n) is 17.7. The van der Waals surface area contributed by atoms with Crippen LogP contribution in [0.25, 0.3) is 11.4 Å². The minimum absolute atomic E-state index is 0.0119. The summed E-state index contributed by atoms with van der Waals surface area (Å²) in [7, 11) is 0. The normalized spacial score (nSPS) is 11.5. The van der Waals surface area contributed by atoms with E-state index in [1.54, 1.807) is 24.0 Å². The molecule has 0 saturated carbocycles. The number of aromatic nitrogens is 7. The number of alkyl halides is 3. The molecule has 0 fully saturated rings. The van der Waals surface area contributed by atoms with Crippen molar-refractivity contribution in [3.63, 3.8) is 0 Å². The number of hydrogen-bond acceptors (Lipinski definition) is 10. The van der Waals surface area contributed by atoms with Crippen LogP contribution in [0.5, 0.6) is 0 Å². The van der Waals surface area contributed by atoms with Crippen LogP contribution in [0.4, 0.5) is 19.0 Å². The van der Waals surface area contributed by atoms with Crippen molar-refractivity contribution in [1.29, 1.82) is 0 Å². The van der Waals surface area contributed by atoms with E-state index >= 15 is 0 Å². The van der Waals surface area contributed by atoms with Crippen molar-refractivity contribution in [2.75, 3.05) is 12.3 Å². The molecule has 0 unspecified atom stereocenters. The Hall–Kier alpha value is -4.36. The van der Waals surface area contributed by atoms with Crippen molar-refractivity contribution in [2.45, 2.75) is 26.1 Å². The third-order valence-corrected chi connectivity index (χ3v) is 4.55. The highest BCUT2D eigenvalue weighted by atomic mass is 19.4. The van der Waals surface area contributed by atoms with Gasteiger partial charge in [0.1, 0.15) is 11.6 Å². The molecule has 0 aliphatic carbocycles. The second-order valence-corrected chi connectivity index (χ2v) is 7.12. The van der Waals surface area contributed by atoms with Crippen molar-refractivity contribution in [2.24, 2.45) is 0 Å². The Morgan fingerprint density at radius 1 is 1.26 bits per heavy atom. The quantitative estimate of drug-likeness (QED) is 0.396. The molecule has 0 bridgehead atoms. The number of nitrogens with two attached hydrogens (primary N) is 1. The molecular weight excluding hydrogens is 457 g/mol. The maximum atomic E-state index is 12.7. The van der Waals surface area contributed by atoms with Gasteiger partial charge in [0.2, 0.25) is 5.82 Å².